The molecule has 0 spiro atoms. The van der Waals surface area contributed by atoms with Crippen molar-refractivity contribution < 1.29 is 45.3 Å². The molecule has 0 saturated heterocycles. The molecular formula is C46H48FN15O9S2. The van der Waals surface area contributed by atoms with Gasteiger partial charge in [0.05, 0.1) is 28.4 Å². The summed E-state index contributed by atoms with van der Waals surface area (Å²) in [5, 5.41) is 63.2. The van der Waals surface area contributed by atoms with Crippen molar-refractivity contribution in [1.29, 1.82) is 5.26 Å². The Kier molecular flexibility index (Phi) is 18.2. The highest BCUT2D eigenvalue weighted by Crippen LogP contribution is 2.38. The molecule has 0 aliphatic carbocycles. The molecule has 0 aliphatic heterocycles. The number of unbranched alkanes of at least 4 members (excludes halogenated alkanes) is 1. The number of aromatic nitrogens is 4. The van der Waals surface area contributed by atoms with Gasteiger partial charge in [0.25, 0.3) is 20.2 Å². The zero-order valence-electron chi connectivity index (χ0n) is 39.2. The molecule has 9 N–H and O–H groups in total. The first-order valence-electron chi connectivity index (χ1n) is 22.1. The smallest absolute Gasteiger partial charge is 0.315 e. The first kappa shape index (κ1) is 53.9. The van der Waals surface area contributed by atoms with E-state index in [0.29, 0.717) is 29.4 Å². The molecule has 0 bridgehead atoms. The summed E-state index contributed by atoms with van der Waals surface area (Å²) < 4.78 is 84.5. The topological polar surface area (TPSA) is 364 Å². The second-order valence-corrected chi connectivity index (χ2v) is 18.5. The number of nitriles is 1. The van der Waals surface area contributed by atoms with Gasteiger partial charge in [-0.15, -0.1) is 20.5 Å². The zero-order chi connectivity index (χ0) is 52.7. The number of aromatic hydroxyl groups is 1. The standard InChI is InChI=1S/C46H48FN15O9S2/c1-4-5-10-29-14-16-34(38(22-29)73(69,70)71)57-60-39-28(3)33(25-48)42(50-19-20-63)53-43(39)49-17-9-18-51-45-54-44(47)55-46(56-45)52-36-23-32(72(66,67)68)24-37(40(36)65)59-62-41(30-11-7-6-8-12-30)61-58-35-21-27(2)13-15-31(35)26-64/h6-8,11-16,21-24,26,59,63,65H,4-5,9-10,17-20H2,1-3H3,(H2,49,50,53)(H,66,67,68)(H,69,70,71)(H2,51,52,54,55,56)/b60-57?,61-58?,62-41-. The first-order chi connectivity index (χ1) is 34.9. The second kappa shape index (κ2) is 24.6. The summed E-state index contributed by atoms with van der Waals surface area (Å²) in [4.78, 5) is 26.4. The van der Waals surface area contributed by atoms with Gasteiger partial charge >= 0.3 is 6.08 Å². The van der Waals surface area contributed by atoms with Gasteiger partial charge in [-0.2, -0.15) is 46.5 Å². The van der Waals surface area contributed by atoms with E-state index >= 15 is 0 Å². The highest BCUT2D eigenvalue weighted by molar-refractivity contribution is 7.86. The van der Waals surface area contributed by atoms with Gasteiger partial charge in [-0.05, 0) is 80.6 Å². The van der Waals surface area contributed by atoms with E-state index in [2.05, 4.69) is 78.3 Å². The highest BCUT2D eigenvalue weighted by atomic mass is 32.2. The van der Waals surface area contributed by atoms with Crippen molar-refractivity contribution in [3.8, 4) is 11.8 Å². The number of hydrogen-bond acceptors (Lipinski definition) is 21. The Morgan fingerprint density at radius 2 is 1.52 bits per heavy atom. The number of azo groups is 2. The second-order valence-electron chi connectivity index (χ2n) is 15.7. The number of carbonyl (C=O) groups excluding carboxylic acids is 1. The van der Waals surface area contributed by atoms with Gasteiger partial charge in [0.1, 0.15) is 33.8 Å². The van der Waals surface area contributed by atoms with E-state index in [-0.39, 0.29) is 90.0 Å². The lowest BCUT2D eigenvalue weighted by molar-refractivity contribution is 0.112. The van der Waals surface area contributed by atoms with E-state index < -0.39 is 53.5 Å². The number of anilines is 6. The Morgan fingerprint density at radius 1 is 0.795 bits per heavy atom. The maximum atomic E-state index is 14.9. The molecule has 0 radical (unpaired) electrons. The summed E-state index contributed by atoms with van der Waals surface area (Å²) in [5.74, 6) is -1.32. The number of aldehydes is 1. The molecular weight excluding hydrogens is 990 g/mol. The molecule has 24 nitrogen and oxygen atoms in total. The van der Waals surface area contributed by atoms with Gasteiger partial charge in [-0.25, -0.2) is 4.98 Å². The summed E-state index contributed by atoms with van der Waals surface area (Å²) in [5.41, 5.74) is 4.39. The van der Waals surface area contributed by atoms with Crippen LogP contribution in [-0.4, -0.2) is 94.5 Å². The lowest BCUT2D eigenvalue weighted by atomic mass is 10.1. The fourth-order valence-electron chi connectivity index (χ4n) is 6.69. The van der Waals surface area contributed by atoms with Crippen LogP contribution in [0.15, 0.2) is 114 Å². The summed E-state index contributed by atoms with van der Waals surface area (Å²) in [7, 11) is -9.65. The summed E-state index contributed by atoms with van der Waals surface area (Å²) in [6, 6.07) is 21.5. The minimum Gasteiger partial charge on any atom is -0.504 e. The Balaban J connectivity index is 1.21. The summed E-state index contributed by atoms with van der Waals surface area (Å²) >= 11 is 0. The van der Waals surface area contributed by atoms with Crippen molar-refractivity contribution in [1.82, 2.24) is 19.9 Å². The number of halogens is 1. The van der Waals surface area contributed by atoms with E-state index in [1.54, 1.807) is 68.4 Å². The Hall–Kier alpha value is -8.42. The molecule has 73 heavy (non-hydrogen) atoms. The van der Waals surface area contributed by atoms with Gasteiger partial charge in [0, 0.05) is 36.3 Å². The number of phenols is 1. The molecule has 6 rings (SSSR count). The van der Waals surface area contributed by atoms with Crippen LogP contribution in [0.25, 0.3) is 0 Å². The Labute approximate surface area is 418 Å². The summed E-state index contributed by atoms with van der Waals surface area (Å²) in [6.45, 7) is 5.35. The molecule has 6 aromatic rings. The van der Waals surface area contributed by atoms with Gasteiger partial charge in [-0.1, -0.05) is 55.8 Å². The lowest BCUT2D eigenvalue weighted by Gasteiger charge is -2.15. The number of hydrogen-bond donors (Lipinski definition) is 9. The van der Waals surface area contributed by atoms with Crippen LogP contribution in [0.5, 0.6) is 5.75 Å². The molecule has 27 heteroatoms. The predicted octanol–water partition coefficient (Wildman–Crippen LogP) is 8.28. The molecule has 0 fully saturated rings. The van der Waals surface area contributed by atoms with Crippen LogP contribution in [0.3, 0.4) is 0 Å². The number of pyridine rings is 1. The van der Waals surface area contributed by atoms with E-state index in [1.165, 1.54) is 12.1 Å². The number of benzene rings is 4. The van der Waals surface area contributed by atoms with Gasteiger partial charge in [0.15, 0.2) is 17.9 Å². The predicted molar refractivity (Wildman–Crippen MR) is 269 cm³/mol. The highest BCUT2D eigenvalue weighted by Gasteiger charge is 2.22. The number of aryl methyl sites for hydroxylation is 2. The SMILES string of the molecule is CCCCc1ccc(N=Nc2c(NCCCNc3nc(F)nc(Nc4cc(S(=O)(=O)O)cc(N/N=C(\N=Nc5cc(C)ccc5C=O)c5ccccc5)c4O)n3)nc(NCCO)c(C#N)c2C)c(S(=O)(=O)O)c1. The molecule has 0 atom stereocenters. The number of amidine groups is 1. The lowest BCUT2D eigenvalue weighted by Crippen LogP contribution is -2.15. The van der Waals surface area contributed by atoms with Gasteiger partial charge in [-0.3, -0.25) is 19.3 Å². The van der Waals surface area contributed by atoms with Crippen molar-refractivity contribution in [2.75, 3.05) is 52.9 Å². The fourth-order valence-corrected chi connectivity index (χ4v) is 7.90. The quantitative estimate of drug-likeness (QED) is 0.00426. The Morgan fingerprint density at radius 3 is 2.22 bits per heavy atom. The van der Waals surface area contributed by atoms with Crippen molar-refractivity contribution in [2.45, 2.75) is 56.2 Å². The number of phenolic OH excluding ortho intramolecular Hbond substituents is 1. The Bertz CT molecular complexity index is 3360. The summed E-state index contributed by atoms with van der Waals surface area (Å²) in [6.07, 6.45) is 1.81. The van der Waals surface area contributed by atoms with Crippen LogP contribution in [0, 0.1) is 31.3 Å². The largest absolute Gasteiger partial charge is 0.504 e. The average Bonchev–Trinajstić information content (AvgIpc) is 3.35. The minimum absolute atomic E-state index is 0.0506. The van der Waals surface area contributed by atoms with E-state index in [9.17, 15) is 50.6 Å². The number of aliphatic hydroxyl groups excluding tert-OH is 1. The molecule has 380 valence electrons. The van der Waals surface area contributed by atoms with Crippen LogP contribution < -0.4 is 26.7 Å². The normalized spacial score (nSPS) is 11.9. The van der Waals surface area contributed by atoms with Crippen molar-refractivity contribution in [3.05, 3.63) is 118 Å². The third-order valence-electron chi connectivity index (χ3n) is 10.4. The van der Waals surface area contributed by atoms with Crippen LogP contribution in [0.4, 0.5) is 56.4 Å². The third kappa shape index (κ3) is 14.6. The van der Waals surface area contributed by atoms with Crippen LogP contribution >= 0.6 is 0 Å². The third-order valence-corrected chi connectivity index (χ3v) is 12.1. The number of carbonyl (C=O) groups is 1. The molecule has 0 aliphatic rings. The van der Waals surface area contributed by atoms with Crippen molar-refractivity contribution in [3.63, 3.8) is 0 Å². The number of nitrogens with one attached hydrogen (secondary N) is 5. The van der Waals surface area contributed by atoms with Crippen LogP contribution in [0.2, 0.25) is 0 Å². The number of nitrogens with zero attached hydrogens (tertiary/aromatic N) is 10. The van der Waals surface area contributed by atoms with Crippen LogP contribution in [0.1, 0.15) is 64.4 Å². The molecule has 0 unspecified atom stereocenters. The van der Waals surface area contributed by atoms with Crippen LogP contribution in [-0.2, 0) is 26.7 Å². The number of rotatable bonds is 23. The van der Waals surface area contributed by atoms with Crippen molar-refractivity contribution in [2.24, 2.45) is 25.6 Å². The average molecular weight is 1040 g/mol. The molecule has 2 aromatic heterocycles. The maximum Gasteiger partial charge on any atom is 0.315 e. The minimum atomic E-state index is -4.94. The monoisotopic (exact) mass is 1040 g/mol. The molecule has 0 saturated carbocycles. The van der Waals surface area contributed by atoms with E-state index in [1.807, 2.05) is 6.92 Å². The number of hydrazone groups is 1. The first-order valence-corrected chi connectivity index (χ1v) is 25.0. The molecule has 4 aromatic carbocycles. The number of aliphatic hydroxyl groups is 1. The molecule has 0 amide bonds. The maximum absolute atomic E-state index is 14.9. The van der Waals surface area contributed by atoms with Gasteiger partial charge in [0.2, 0.25) is 17.7 Å². The van der Waals surface area contributed by atoms with Gasteiger partial charge < -0.3 is 31.5 Å². The fraction of sp³-hybridized carbons (Fsp3) is 0.239. The van der Waals surface area contributed by atoms with E-state index in [0.717, 1.165) is 30.5 Å². The van der Waals surface area contributed by atoms with Crippen molar-refractivity contribution >= 4 is 84.3 Å². The zero-order valence-corrected chi connectivity index (χ0v) is 40.9. The van der Waals surface area contributed by atoms with E-state index in [4.69, 9.17) is 0 Å². The molecule has 2 heterocycles.